The van der Waals surface area contributed by atoms with Gasteiger partial charge in [0.05, 0.1) is 21.8 Å². The number of aromatic nitrogens is 2. The standard InChI is InChI=1S/C20H20BrF3N4O6S.Na/c1-7(28-13(9-3-4-9)11(21)15(26-28)20(22,23)24)16(30)25-12-17(31)27-14(19(32)33)10(5-34-8(2)29)6-35-18(12)27;/h7,9,12,18H,3-6H2,1-2H3,(H,25,30)(H,32,33);/q;+1/p-1. The van der Waals surface area contributed by atoms with Gasteiger partial charge in [-0.25, -0.2) is 0 Å². The van der Waals surface area contributed by atoms with Gasteiger partial charge >= 0.3 is 41.7 Å². The summed E-state index contributed by atoms with van der Waals surface area (Å²) in [6, 6.07) is -2.26. The molecule has 1 N–H and O–H groups in total. The maximum atomic E-state index is 13.4. The number of rotatable bonds is 7. The molecule has 190 valence electrons. The number of hydrogen-bond acceptors (Lipinski definition) is 8. The van der Waals surface area contributed by atoms with Gasteiger partial charge in [-0.3, -0.25) is 24.0 Å². The quantitative estimate of drug-likeness (QED) is 0.217. The minimum absolute atomic E-state index is 0. The Hall–Kier alpha value is -1.55. The summed E-state index contributed by atoms with van der Waals surface area (Å²) in [5, 5.41) is 17.1. The summed E-state index contributed by atoms with van der Waals surface area (Å²) in [6.07, 6.45) is -3.39. The van der Waals surface area contributed by atoms with Gasteiger partial charge in [-0.2, -0.15) is 18.3 Å². The zero-order valence-corrected chi connectivity index (χ0v) is 23.8. The van der Waals surface area contributed by atoms with Crippen molar-refractivity contribution < 1.29 is 71.8 Å². The molecule has 2 amide bonds. The average Bonchev–Trinajstić information content (AvgIpc) is 3.54. The van der Waals surface area contributed by atoms with Gasteiger partial charge in [0.25, 0.3) is 5.91 Å². The number of amides is 2. The summed E-state index contributed by atoms with van der Waals surface area (Å²) < 4.78 is 45.8. The maximum Gasteiger partial charge on any atom is 1.00 e. The van der Waals surface area contributed by atoms with Gasteiger partial charge in [0, 0.05) is 24.2 Å². The van der Waals surface area contributed by atoms with Gasteiger partial charge < -0.3 is 20.0 Å². The van der Waals surface area contributed by atoms with Crippen LogP contribution in [-0.2, 0) is 30.1 Å². The Morgan fingerprint density at radius 2 is 1.97 bits per heavy atom. The van der Waals surface area contributed by atoms with Gasteiger partial charge in [-0.05, 0) is 35.7 Å². The average molecular weight is 603 g/mol. The van der Waals surface area contributed by atoms with E-state index in [4.69, 9.17) is 4.74 Å². The molecular weight excluding hydrogens is 584 g/mol. The van der Waals surface area contributed by atoms with Crippen LogP contribution in [0.5, 0.6) is 0 Å². The zero-order valence-electron chi connectivity index (χ0n) is 19.3. The van der Waals surface area contributed by atoms with Crippen molar-refractivity contribution in [2.24, 2.45) is 0 Å². The minimum atomic E-state index is -4.72. The van der Waals surface area contributed by atoms with Crippen LogP contribution in [0.2, 0.25) is 0 Å². The molecule has 1 saturated carbocycles. The normalized spacial score (nSPS) is 22.3. The number of thioether (sulfide) groups is 1. The van der Waals surface area contributed by atoms with Crippen molar-refractivity contribution in [3.05, 3.63) is 27.1 Å². The number of halogens is 4. The Bertz CT molecular complexity index is 1160. The fourth-order valence-electron chi connectivity index (χ4n) is 3.98. The van der Waals surface area contributed by atoms with E-state index in [-0.39, 0.29) is 63.6 Å². The molecule has 1 aromatic rings. The van der Waals surface area contributed by atoms with Crippen molar-refractivity contribution >= 4 is 51.4 Å². The molecule has 3 atom stereocenters. The number of fused-ring (bicyclic) bond motifs is 1. The van der Waals surface area contributed by atoms with Crippen molar-refractivity contribution in [3.8, 4) is 0 Å². The van der Waals surface area contributed by atoms with Crippen LogP contribution in [0, 0.1) is 0 Å². The molecule has 2 fully saturated rings. The van der Waals surface area contributed by atoms with Gasteiger partial charge in [-0.1, -0.05) is 0 Å². The molecule has 0 radical (unpaired) electrons. The van der Waals surface area contributed by atoms with Crippen LogP contribution >= 0.6 is 27.7 Å². The van der Waals surface area contributed by atoms with Crippen molar-refractivity contribution in [3.63, 3.8) is 0 Å². The van der Waals surface area contributed by atoms with E-state index in [0.29, 0.717) is 12.8 Å². The molecule has 36 heavy (non-hydrogen) atoms. The third-order valence-electron chi connectivity index (χ3n) is 5.85. The van der Waals surface area contributed by atoms with E-state index < -0.39 is 58.8 Å². The number of hydrogen-bond donors (Lipinski definition) is 1. The number of aliphatic carboxylic acids is 1. The van der Waals surface area contributed by atoms with Crippen LogP contribution in [0.4, 0.5) is 13.2 Å². The molecule has 3 heterocycles. The summed E-state index contributed by atoms with van der Waals surface area (Å²) in [4.78, 5) is 49.4. The second kappa shape index (κ2) is 10.7. The van der Waals surface area contributed by atoms with Gasteiger partial charge in [0.2, 0.25) is 5.91 Å². The van der Waals surface area contributed by atoms with E-state index in [1.54, 1.807) is 0 Å². The minimum Gasteiger partial charge on any atom is -0.543 e. The molecule has 16 heteroatoms. The number of esters is 1. The Morgan fingerprint density at radius 1 is 1.33 bits per heavy atom. The molecule has 0 bridgehead atoms. The van der Waals surface area contributed by atoms with E-state index in [2.05, 4.69) is 26.3 Å². The number of carboxylic acids is 1. The molecule has 4 rings (SSSR count). The molecule has 0 aromatic carbocycles. The topological polar surface area (TPSA) is 134 Å². The third kappa shape index (κ3) is 5.35. The first-order chi connectivity index (χ1) is 16.3. The van der Waals surface area contributed by atoms with E-state index in [0.717, 1.165) is 28.3 Å². The first-order valence-electron chi connectivity index (χ1n) is 10.5. The molecule has 1 aromatic heterocycles. The first-order valence-corrected chi connectivity index (χ1v) is 12.3. The smallest absolute Gasteiger partial charge is 0.543 e. The molecule has 1 saturated heterocycles. The summed E-state index contributed by atoms with van der Waals surface area (Å²) in [5.41, 5.74) is -1.09. The van der Waals surface area contributed by atoms with Crippen LogP contribution in [-0.4, -0.2) is 62.2 Å². The third-order valence-corrected chi connectivity index (χ3v) is 7.98. The summed E-state index contributed by atoms with van der Waals surface area (Å²) in [5.74, 6) is -3.76. The van der Waals surface area contributed by atoms with Gasteiger partial charge in [0.15, 0.2) is 5.69 Å². The van der Waals surface area contributed by atoms with Crippen LogP contribution in [0.3, 0.4) is 0 Å². The SMILES string of the molecule is CC(=O)OCC1=C(C(=O)[O-])N2C(=O)C(NC(=O)C(C)n3nc(C(F)(F)F)c(Br)c3C3CC3)C2SC1.[Na+]. The van der Waals surface area contributed by atoms with Crippen molar-refractivity contribution in [2.75, 3.05) is 12.4 Å². The van der Waals surface area contributed by atoms with Crippen LogP contribution in [0.1, 0.15) is 50.0 Å². The fraction of sp³-hybridized carbons (Fsp3) is 0.550. The van der Waals surface area contributed by atoms with Gasteiger partial charge in [-0.15, -0.1) is 11.8 Å². The van der Waals surface area contributed by atoms with Gasteiger partial charge in [0.1, 0.15) is 24.1 Å². The second-order valence-corrected chi connectivity index (χ2v) is 10.3. The number of β-lactam (4-membered cyclic amide) rings is 1. The molecule has 2 aliphatic heterocycles. The molecule has 3 aliphatic rings. The Kier molecular flexibility index (Phi) is 8.60. The number of carbonyl (C=O) groups is 4. The van der Waals surface area contributed by atoms with E-state index >= 15 is 0 Å². The zero-order chi connectivity index (χ0) is 25.8. The van der Waals surface area contributed by atoms with Crippen molar-refractivity contribution in [2.45, 2.75) is 56.2 Å². The molecule has 3 unspecified atom stereocenters. The Labute approximate surface area is 237 Å². The number of alkyl halides is 3. The number of ether oxygens (including phenoxy) is 1. The molecule has 0 spiro atoms. The second-order valence-electron chi connectivity index (χ2n) is 8.36. The monoisotopic (exact) mass is 602 g/mol. The first kappa shape index (κ1) is 29.0. The largest absolute Gasteiger partial charge is 1.00 e. The van der Waals surface area contributed by atoms with Crippen molar-refractivity contribution in [1.29, 1.82) is 0 Å². The van der Waals surface area contributed by atoms with E-state index in [1.807, 2.05) is 0 Å². The fourth-order valence-corrected chi connectivity index (χ4v) is 6.12. The maximum absolute atomic E-state index is 13.4. The predicted molar refractivity (Wildman–Crippen MR) is 115 cm³/mol. The predicted octanol–water partition coefficient (Wildman–Crippen LogP) is -1.93. The Balaban J connectivity index is 0.00000361. The number of nitrogens with zero attached hydrogens (tertiary/aromatic N) is 3. The number of nitrogens with one attached hydrogen (secondary N) is 1. The van der Waals surface area contributed by atoms with E-state index in [1.165, 1.54) is 6.92 Å². The van der Waals surface area contributed by atoms with E-state index in [9.17, 15) is 37.5 Å². The number of carboxylic acid groups (broad SMARTS) is 1. The summed E-state index contributed by atoms with van der Waals surface area (Å²) in [7, 11) is 0. The number of carbonyl (C=O) groups excluding carboxylic acids is 4. The van der Waals surface area contributed by atoms with Crippen molar-refractivity contribution in [1.82, 2.24) is 20.0 Å². The summed E-state index contributed by atoms with van der Waals surface area (Å²) >= 11 is 4.13. The van der Waals surface area contributed by atoms with Crippen LogP contribution in [0.25, 0.3) is 0 Å². The molecule has 1 aliphatic carbocycles. The van der Waals surface area contributed by atoms with Crippen LogP contribution in [0.15, 0.2) is 15.7 Å². The molecule has 10 nitrogen and oxygen atoms in total. The summed E-state index contributed by atoms with van der Waals surface area (Å²) in [6.45, 7) is 2.21. The van der Waals surface area contributed by atoms with Crippen LogP contribution < -0.4 is 40.0 Å². The Morgan fingerprint density at radius 3 is 2.50 bits per heavy atom. The molecular formula is C20H19BrF3N4NaO6S.